The lowest BCUT2D eigenvalue weighted by Gasteiger charge is -2.14. The van der Waals surface area contributed by atoms with Gasteiger partial charge in [-0.15, -0.1) is 10.2 Å². The van der Waals surface area contributed by atoms with Crippen molar-refractivity contribution >= 4 is 35.1 Å². The highest BCUT2D eigenvalue weighted by Crippen LogP contribution is 2.29. The van der Waals surface area contributed by atoms with Crippen LogP contribution in [0.2, 0.25) is 5.02 Å². The number of carbonyl (C=O) groups is 1. The Morgan fingerprint density at radius 1 is 1.11 bits per heavy atom. The van der Waals surface area contributed by atoms with Gasteiger partial charge in [0.1, 0.15) is 11.6 Å². The first-order valence-corrected chi connectivity index (χ1v) is 12.1. The van der Waals surface area contributed by atoms with Crippen molar-refractivity contribution in [2.24, 2.45) is 0 Å². The Morgan fingerprint density at radius 2 is 1.89 bits per heavy atom. The predicted octanol–water partition coefficient (Wildman–Crippen LogP) is 5.99. The van der Waals surface area contributed by atoms with E-state index in [0.29, 0.717) is 33.2 Å². The van der Waals surface area contributed by atoms with Gasteiger partial charge >= 0.3 is 6.03 Å². The molecule has 10 heteroatoms. The molecule has 2 amide bonds. The number of anilines is 1. The number of nitrogens with one attached hydrogen (secondary N) is 2. The van der Waals surface area contributed by atoms with Crippen LogP contribution in [0.3, 0.4) is 0 Å². The fourth-order valence-corrected chi connectivity index (χ4v) is 4.46. The summed E-state index contributed by atoms with van der Waals surface area (Å²) in [4.78, 5) is 12.6. The minimum atomic E-state index is -0.410. The van der Waals surface area contributed by atoms with Gasteiger partial charge in [-0.25, -0.2) is 9.18 Å². The van der Waals surface area contributed by atoms with Gasteiger partial charge in [0.15, 0.2) is 11.0 Å². The molecule has 0 saturated heterocycles. The van der Waals surface area contributed by atoms with Gasteiger partial charge in [-0.1, -0.05) is 53.7 Å². The molecule has 0 fully saturated rings. The number of thioether (sulfide) groups is 1. The molecule has 0 atom stereocenters. The lowest BCUT2D eigenvalue weighted by atomic mass is 10.2. The van der Waals surface area contributed by atoms with Gasteiger partial charge in [0.25, 0.3) is 0 Å². The van der Waals surface area contributed by atoms with Gasteiger partial charge in [0, 0.05) is 10.8 Å². The lowest BCUT2D eigenvalue weighted by molar-refractivity contribution is 0.251. The van der Waals surface area contributed by atoms with Crippen LogP contribution in [0.25, 0.3) is 5.69 Å². The molecule has 0 unspecified atom stereocenters. The van der Waals surface area contributed by atoms with Crippen LogP contribution in [0.4, 0.5) is 14.9 Å². The van der Waals surface area contributed by atoms with E-state index in [1.54, 1.807) is 37.4 Å². The number of benzene rings is 3. The normalized spacial score (nSPS) is 10.7. The summed E-state index contributed by atoms with van der Waals surface area (Å²) in [7, 11) is 1.54. The van der Waals surface area contributed by atoms with Crippen molar-refractivity contribution in [1.29, 1.82) is 0 Å². The van der Waals surface area contributed by atoms with Gasteiger partial charge < -0.3 is 15.4 Å². The second kappa shape index (κ2) is 11.2. The Labute approximate surface area is 211 Å². The Bertz CT molecular complexity index is 1330. The lowest BCUT2D eigenvalue weighted by Crippen LogP contribution is -2.29. The fourth-order valence-electron chi connectivity index (χ4n) is 3.38. The first-order valence-electron chi connectivity index (χ1n) is 10.7. The number of aromatic nitrogens is 3. The van der Waals surface area contributed by atoms with Crippen LogP contribution in [0.5, 0.6) is 5.75 Å². The van der Waals surface area contributed by atoms with Crippen molar-refractivity contribution in [3.05, 3.63) is 94.5 Å². The van der Waals surface area contributed by atoms with E-state index in [4.69, 9.17) is 16.3 Å². The molecule has 4 aromatic rings. The Kier molecular flexibility index (Phi) is 7.89. The third-order valence-electron chi connectivity index (χ3n) is 5.16. The molecule has 1 aromatic heterocycles. The highest BCUT2D eigenvalue weighted by Gasteiger charge is 2.18. The number of halogens is 2. The van der Waals surface area contributed by atoms with Crippen LogP contribution < -0.4 is 15.4 Å². The number of carbonyl (C=O) groups excluding carboxylic acids is 1. The second-order valence-electron chi connectivity index (χ2n) is 7.59. The molecule has 7 nitrogen and oxygen atoms in total. The molecule has 3 aromatic carbocycles. The Morgan fingerprint density at radius 3 is 2.66 bits per heavy atom. The summed E-state index contributed by atoms with van der Waals surface area (Å²) in [5.41, 5.74) is 3.28. The first kappa shape index (κ1) is 24.6. The maximum Gasteiger partial charge on any atom is 0.319 e. The van der Waals surface area contributed by atoms with Crippen LogP contribution in [0, 0.1) is 12.7 Å². The number of hydrogen-bond acceptors (Lipinski definition) is 5. The summed E-state index contributed by atoms with van der Waals surface area (Å²) < 4.78 is 20.4. The summed E-state index contributed by atoms with van der Waals surface area (Å²) in [6, 6.07) is 18.6. The van der Waals surface area contributed by atoms with E-state index in [2.05, 4.69) is 20.8 Å². The fraction of sp³-hybridized carbons (Fsp3) is 0.160. The van der Waals surface area contributed by atoms with Crippen molar-refractivity contribution in [3.8, 4) is 11.4 Å². The van der Waals surface area contributed by atoms with Gasteiger partial charge in [0.05, 0.1) is 25.0 Å². The molecule has 0 bridgehead atoms. The van der Waals surface area contributed by atoms with Crippen LogP contribution in [-0.2, 0) is 12.3 Å². The Balaban J connectivity index is 1.56. The van der Waals surface area contributed by atoms with Gasteiger partial charge in [-0.2, -0.15) is 0 Å². The maximum atomic E-state index is 13.3. The van der Waals surface area contributed by atoms with E-state index < -0.39 is 6.03 Å². The molecule has 2 N–H and O–H groups in total. The first-order chi connectivity index (χ1) is 16.9. The molecule has 1 heterocycles. The highest BCUT2D eigenvalue weighted by molar-refractivity contribution is 7.98. The predicted molar refractivity (Wildman–Crippen MR) is 136 cm³/mol. The van der Waals surface area contributed by atoms with Gasteiger partial charge in [0.2, 0.25) is 0 Å². The van der Waals surface area contributed by atoms with Crippen molar-refractivity contribution in [2.75, 3.05) is 12.4 Å². The molecular weight excluding hydrogens is 489 g/mol. The SMILES string of the molecule is COc1ccccc1NC(=O)NCc1nnc(SCc2ccc(F)cc2)n1-c1cc(Cl)ccc1C. The number of hydrogen-bond donors (Lipinski definition) is 2. The van der Waals surface area contributed by atoms with Crippen molar-refractivity contribution in [2.45, 2.75) is 24.4 Å². The largest absolute Gasteiger partial charge is 0.495 e. The molecule has 0 radical (unpaired) electrons. The van der Waals surface area contributed by atoms with Crippen molar-refractivity contribution in [1.82, 2.24) is 20.1 Å². The molecular formula is C25H23ClFN5O2S. The van der Waals surface area contributed by atoms with E-state index in [1.165, 1.54) is 23.9 Å². The summed E-state index contributed by atoms with van der Waals surface area (Å²) in [6.07, 6.45) is 0. The standard InChI is InChI=1S/C25H23ClFN5O2S/c1-16-7-10-18(26)13-21(16)32-23(14-28-24(33)29-20-5-3-4-6-22(20)34-2)30-31-25(32)35-15-17-8-11-19(27)12-9-17/h3-13H,14-15H2,1-2H3,(H2,28,29,33). The van der Waals surface area contributed by atoms with Crippen LogP contribution in [0.15, 0.2) is 71.9 Å². The van der Waals surface area contributed by atoms with Crippen LogP contribution in [0.1, 0.15) is 17.0 Å². The second-order valence-corrected chi connectivity index (χ2v) is 8.97. The molecule has 35 heavy (non-hydrogen) atoms. The summed E-state index contributed by atoms with van der Waals surface area (Å²) in [5, 5.41) is 15.5. The number of methoxy groups -OCH3 is 1. The molecule has 0 spiro atoms. The number of amides is 2. The van der Waals surface area contributed by atoms with E-state index in [-0.39, 0.29) is 12.4 Å². The van der Waals surface area contributed by atoms with E-state index in [9.17, 15) is 9.18 Å². The smallest absolute Gasteiger partial charge is 0.319 e. The van der Waals surface area contributed by atoms with Crippen molar-refractivity contribution in [3.63, 3.8) is 0 Å². The zero-order valence-corrected chi connectivity index (χ0v) is 20.7. The van der Waals surface area contributed by atoms with E-state index in [1.807, 2.05) is 35.8 Å². The third-order valence-corrected chi connectivity index (χ3v) is 6.39. The number of nitrogens with zero attached hydrogens (tertiary/aromatic N) is 3. The number of urea groups is 1. The summed E-state index contributed by atoms with van der Waals surface area (Å²) >= 11 is 7.74. The van der Waals surface area contributed by atoms with Crippen molar-refractivity contribution < 1.29 is 13.9 Å². The topological polar surface area (TPSA) is 81.1 Å². The Hall–Kier alpha value is -3.56. The number of rotatable bonds is 8. The number of para-hydroxylation sites is 2. The average Bonchev–Trinajstić information content (AvgIpc) is 3.26. The minimum Gasteiger partial charge on any atom is -0.495 e. The molecule has 0 aliphatic heterocycles. The van der Waals surface area contributed by atoms with Crippen LogP contribution >= 0.6 is 23.4 Å². The average molecular weight is 512 g/mol. The van der Waals surface area contributed by atoms with E-state index >= 15 is 0 Å². The summed E-state index contributed by atoms with van der Waals surface area (Å²) in [6.45, 7) is 2.09. The highest BCUT2D eigenvalue weighted by atomic mass is 35.5. The number of aryl methyl sites for hydroxylation is 1. The van der Waals surface area contributed by atoms with Gasteiger partial charge in [-0.3, -0.25) is 4.57 Å². The molecule has 0 aliphatic rings. The zero-order valence-electron chi connectivity index (χ0n) is 19.1. The molecule has 0 aliphatic carbocycles. The monoisotopic (exact) mass is 511 g/mol. The van der Waals surface area contributed by atoms with Crippen LogP contribution in [-0.4, -0.2) is 27.9 Å². The van der Waals surface area contributed by atoms with E-state index in [0.717, 1.165) is 16.8 Å². The van der Waals surface area contributed by atoms with Gasteiger partial charge in [-0.05, 0) is 54.4 Å². The zero-order chi connectivity index (χ0) is 24.8. The number of ether oxygens (including phenoxy) is 1. The molecule has 4 rings (SSSR count). The quantitative estimate of drug-likeness (QED) is 0.284. The third kappa shape index (κ3) is 6.12. The summed E-state index contributed by atoms with van der Waals surface area (Å²) in [5.74, 6) is 1.38. The maximum absolute atomic E-state index is 13.3. The molecule has 0 saturated carbocycles. The molecule has 180 valence electrons. The minimum absolute atomic E-state index is 0.122.